The Kier molecular flexibility index (Phi) is 9.46. The maximum atomic E-state index is 14.7. The maximum Gasteiger partial charge on any atom is 0.251 e. The van der Waals surface area contributed by atoms with Crippen LogP contribution in [0.3, 0.4) is 0 Å². The van der Waals surface area contributed by atoms with E-state index in [9.17, 15) is 17.6 Å². The molecule has 2 saturated carbocycles. The van der Waals surface area contributed by atoms with E-state index < -0.39 is 23.5 Å². The summed E-state index contributed by atoms with van der Waals surface area (Å²) in [5.74, 6) is -3.69. The Morgan fingerprint density at radius 1 is 1.00 bits per heavy atom. The molecule has 0 spiro atoms. The smallest absolute Gasteiger partial charge is 0.251 e. The van der Waals surface area contributed by atoms with E-state index in [1.54, 1.807) is 12.1 Å². The largest absolute Gasteiger partial charge is 0.497 e. The Morgan fingerprint density at radius 3 is 2.30 bits per heavy atom. The topological polar surface area (TPSA) is 9.23 Å². The minimum absolute atomic E-state index is 0.0232. The lowest BCUT2D eigenvalue weighted by atomic mass is 9.76. The number of benzene rings is 1. The third-order valence-corrected chi connectivity index (χ3v) is 7.56. The van der Waals surface area contributed by atoms with Gasteiger partial charge in [0, 0.05) is 23.8 Å². The Balaban J connectivity index is 1.41. The van der Waals surface area contributed by atoms with Gasteiger partial charge in [0.05, 0.1) is 7.11 Å². The molecule has 5 heteroatoms. The number of halogens is 4. The Morgan fingerprint density at radius 2 is 1.70 bits per heavy atom. The summed E-state index contributed by atoms with van der Waals surface area (Å²) >= 11 is 0. The van der Waals surface area contributed by atoms with Crippen molar-refractivity contribution in [3.8, 4) is 5.75 Å². The molecule has 33 heavy (non-hydrogen) atoms. The van der Waals surface area contributed by atoms with Crippen molar-refractivity contribution in [3.05, 3.63) is 47.8 Å². The SMILES string of the molecule is CCCC1CCC(/C=C/CCC2CCC(/C(F)=C(\F)c3ccc(OC)cc3)CC2)CC1(F)F. The van der Waals surface area contributed by atoms with Gasteiger partial charge in [-0.2, -0.15) is 0 Å². The highest BCUT2D eigenvalue weighted by atomic mass is 19.3. The molecular weight excluding hydrogens is 428 g/mol. The predicted molar refractivity (Wildman–Crippen MR) is 127 cm³/mol. The van der Waals surface area contributed by atoms with Gasteiger partial charge in [0.15, 0.2) is 5.83 Å². The Bertz CT molecular complexity index is 791. The van der Waals surface area contributed by atoms with Gasteiger partial charge in [0.25, 0.3) is 5.92 Å². The highest BCUT2D eigenvalue weighted by Crippen LogP contribution is 2.44. The molecule has 0 amide bonds. The molecule has 2 atom stereocenters. The molecule has 0 bridgehead atoms. The molecule has 0 aliphatic heterocycles. The summed E-state index contributed by atoms with van der Waals surface area (Å²) in [7, 11) is 1.53. The summed E-state index contributed by atoms with van der Waals surface area (Å²) in [5.41, 5.74) is 0.245. The summed E-state index contributed by atoms with van der Waals surface area (Å²) < 4.78 is 63.0. The second kappa shape index (κ2) is 12.1. The normalized spacial score (nSPS) is 28.5. The quantitative estimate of drug-likeness (QED) is 0.260. The standard InChI is InChI=1S/C28H38F4O/c1-3-6-24-16-11-21(19-28(24,31)32)8-5-4-7-20-9-12-22(13-10-20)26(29)27(30)23-14-17-25(33-2)18-15-23/h5,8,14-15,17-18,20-22,24H,3-4,6-7,9-13,16,19H2,1-2H3/b8-5+,27-26+. The van der Waals surface area contributed by atoms with E-state index >= 15 is 0 Å². The molecule has 3 rings (SSSR count). The van der Waals surface area contributed by atoms with Crippen LogP contribution in [0.25, 0.3) is 5.83 Å². The van der Waals surface area contributed by atoms with Gasteiger partial charge in [-0.25, -0.2) is 17.6 Å². The molecule has 0 N–H and O–H groups in total. The van der Waals surface area contributed by atoms with E-state index in [-0.39, 0.29) is 23.8 Å². The highest BCUT2D eigenvalue weighted by molar-refractivity contribution is 5.62. The minimum atomic E-state index is -2.54. The fourth-order valence-electron chi connectivity index (χ4n) is 5.49. The van der Waals surface area contributed by atoms with Crippen LogP contribution in [0, 0.1) is 23.7 Å². The van der Waals surface area contributed by atoms with Crippen molar-refractivity contribution in [2.75, 3.05) is 7.11 Å². The second-order valence-electron chi connectivity index (χ2n) is 9.90. The summed E-state index contributed by atoms with van der Waals surface area (Å²) in [6.07, 6.45) is 11.8. The first kappa shape index (κ1) is 25.8. The summed E-state index contributed by atoms with van der Waals surface area (Å²) in [6.45, 7) is 1.97. The molecule has 2 aliphatic carbocycles. The lowest BCUT2D eigenvalue weighted by Gasteiger charge is -2.35. The van der Waals surface area contributed by atoms with Crippen LogP contribution in [0.1, 0.15) is 83.1 Å². The molecule has 2 aliphatic rings. The second-order valence-corrected chi connectivity index (χ2v) is 9.90. The number of hydrogen-bond donors (Lipinski definition) is 0. The van der Waals surface area contributed by atoms with Crippen LogP contribution >= 0.6 is 0 Å². The maximum absolute atomic E-state index is 14.7. The molecule has 1 nitrogen and oxygen atoms in total. The molecule has 1 aromatic carbocycles. The van der Waals surface area contributed by atoms with Gasteiger partial charge < -0.3 is 4.74 Å². The average Bonchev–Trinajstić information content (AvgIpc) is 2.83. The number of allylic oxidation sites excluding steroid dienone is 3. The van der Waals surface area contributed by atoms with Crippen molar-refractivity contribution < 1.29 is 22.3 Å². The van der Waals surface area contributed by atoms with Crippen LogP contribution in [0.5, 0.6) is 5.75 Å². The van der Waals surface area contributed by atoms with Crippen LogP contribution in [0.2, 0.25) is 0 Å². The summed E-state index contributed by atoms with van der Waals surface area (Å²) in [4.78, 5) is 0. The first-order chi connectivity index (χ1) is 15.8. The van der Waals surface area contributed by atoms with E-state index in [4.69, 9.17) is 4.74 Å². The van der Waals surface area contributed by atoms with Crippen molar-refractivity contribution in [2.45, 2.75) is 83.5 Å². The molecule has 0 heterocycles. The lowest BCUT2D eigenvalue weighted by Crippen LogP contribution is -2.35. The number of alkyl halides is 2. The van der Waals surface area contributed by atoms with Gasteiger partial charge >= 0.3 is 0 Å². The van der Waals surface area contributed by atoms with Gasteiger partial charge in [-0.3, -0.25) is 0 Å². The molecular formula is C28H38F4O. The lowest BCUT2D eigenvalue weighted by molar-refractivity contribution is -0.0986. The zero-order valence-electron chi connectivity index (χ0n) is 20.0. The number of methoxy groups -OCH3 is 1. The van der Waals surface area contributed by atoms with Gasteiger partial charge in [-0.1, -0.05) is 25.5 Å². The molecule has 2 unspecified atom stereocenters. The van der Waals surface area contributed by atoms with E-state index in [0.29, 0.717) is 37.4 Å². The summed E-state index contributed by atoms with van der Waals surface area (Å²) in [6, 6.07) is 6.34. The first-order valence-corrected chi connectivity index (χ1v) is 12.6. The van der Waals surface area contributed by atoms with Crippen molar-refractivity contribution >= 4 is 5.83 Å². The predicted octanol–water partition coefficient (Wildman–Crippen LogP) is 9.30. The van der Waals surface area contributed by atoms with Crippen LogP contribution in [0.4, 0.5) is 17.6 Å². The highest BCUT2D eigenvalue weighted by Gasteiger charge is 2.43. The van der Waals surface area contributed by atoms with Crippen LogP contribution in [-0.2, 0) is 0 Å². The third kappa shape index (κ3) is 7.10. The van der Waals surface area contributed by atoms with Crippen molar-refractivity contribution in [1.29, 1.82) is 0 Å². The number of rotatable bonds is 9. The number of ether oxygens (including phenoxy) is 1. The van der Waals surface area contributed by atoms with Gasteiger partial charge in [0.1, 0.15) is 11.6 Å². The van der Waals surface area contributed by atoms with Crippen molar-refractivity contribution in [1.82, 2.24) is 0 Å². The van der Waals surface area contributed by atoms with Gasteiger partial charge in [-0.15, -0.1) is 0 Å². The third-order valence-electron chi connectivity index (χ3n) is 7.56. The molecule has 0 saturated heterocycles. The molecule has 0 aromatic heterocycles. The Labute approximate surface area is 196 Å². The fraction of sp³-hybridized carbons (Fsp3) is 0.643. The van der Waals surface area contributed by atoms with Gasteiger partial charge in [0.2, 0.25) is 0 Å². The minimum Gasteiger partial charge on any atom is -0.497 e. The van der Waals surface area contributed by atoms with Gasteiger partial charge in [-0.05, 0) is 93.9 Å². The zero-order chi connectivity index (χ0) is 23.8. The zero-order valence-corrected chi connectivity index (χ0v) is 20.0. The van der Waals surface area contributed by atoms with E-state index in [0.717, 1.165) is 38.5 Å². The van der Waals surface area contributed by atoms with E-state index in [2.05, 4.69) is 6.08 Å². The number of hydrogen-bond acceptors (Lipinski definition) is 1. The van der Waals surface area contributed by atoms with Crippen molar-refractivity contribution in [2.24, 2.45) is 23.7 Å². The van der Waals surface area contributed by atoms with Crippen LogP contribution in [-0.4, -0.2) is 13.0 Å². The van der Waals surface area contributed by atoms with Crippen LogP contribution in [0.15, 0.2) is 42.2 Å². The summed E-state index contributed by atoms with van der Waals surface area (Å²) in [5, 5.41) is 0. The van der Waals surface area contributed by atoms with Crippen LogP contribution < -0.4 is 4.74 Å². The monoisotopic (exact) mass is 466 g/mol. The fourth-order valence-corrected chi connectivity index (χ4v) is 5.49. The molecule has 1 aromatic rings. The Hall–Kier alpha value is -1.78. The van der Waals surface area contributed by atoms with E-state index in [1.165, 1.54) is 19.2 Å². The first-order valence-electron chi connectivity index (χ1n) is 12.6. The molecule has 184 valence electrons. The van der Waals surface area contributed by atoms with E-state index in [1.807, 2.05) is 13.0 Å². The average molecular weight is 467 g/mol. The molecule has 2 fully saturated rings. The molecule has 0 radical (unpaired) electrons. The van der Waals surface area contributed by atoms with Crippen molar-refractivity contribution in [3.63, 3.8) is 0 Å².